The maximum atomic E-state index is 11.9. The normalized spacial score (nSPS) is 14.1. The Bertz CT molecular complexity index is 698. The number of aliphatic hydroxyl groups is 1. The molecule has 0 aromatic rings. The maximum Gasteiger partial charge on any atom is 0.472 e. The van der Waals surface area contributed by atoms with Crippen molar-refractivity contribution < 1.29 is 37.9 Å². The van der Waals surface area contributed by atoms with Gasteiger partial charge in [0.25, 0.3) is 0 Å². The van der Waals surface area contributed by atoms with Crippen LogP contribution in [-0.2, 0) is 27.9 Å². The van der Waals surface area contributed by atoms with Crippen LogP contribution >= 0.6 is 7.82 Å². The van der Waals surface area contributed by atoms with Gasteiger partial charge in [0.1, 0.15) is 12.7 Å². The summed E-state index contributed by atoms with van der Waals surface area (Å²) in [5.41, 5.74) is 0. The number of allylic oxidation sites excluding steroid dienone is 4. The minimum Gasteiger partial charge on any atom is -0.463 e. The second-order valence-corrected chi connectivity index (χ2v) is 10.8. The molecule has 0 saturated heterocycles. The van der Waals surface area contributed by atoms with Crippen molar-refractivity contribution in [3.05, 3.63) is 24.3 Å². The zero-order valence-electron chi connectivity index (χ0n) is 23.6. The predicted molar refractivity (Wildman–Crippen MR) is 151 cm³/mol. The first-order valence-electron chi connectivity index (χ1n) is 14.3. The molecule has 38 heavy (non-hydrogen) atoms. The van der Waals surface area contributed by atoms with E-state index in [1.54, 1.807) is 0 Å². The lowest BCUT2D eigenvalue weighted by atomic mass is 10.1. The van der Waals surface area contributed by atoms with Crippen LogP contribution in [0.3, 0.4) is 0 Å². The lowest BCUT2D eigenvalue weighted by Crippen LogP contribution is -2.27. The molecule has 0 fully saturated rings. The molecule has 0 heterocycles. The summed E-state index contributed by atoms with van der Waals surface area (Å²) in [4.78, 5) is 33.2. The van der Waals surface area contributed by atoms with Crippen LogP contribution in [0.4, 0.5) is 0 Å². The van der Waals surface area contributed by atoms with Crippen LogP contribution in [0.25, 0.3) is 0 Å². The molecule has 0 aliphatic carbocycles. The number of phosphoric acid groups is 1. The number of carbonyl (C=O) groups excluding carboxylic acids is 2. The van der Waals surface area contributed by atoms with Gasteiger partial charge in [0.05, 0.1) is 13.2 Å². The third-order valence-corrected chi connectivity index (χ3v) is 6.60. The van der Waals surface area contributed by atoms with E-state index in [1.807, 2.05) is 0 Å². The molecule has 0 saturated carbocycles. The van der Waals surface area contributed by atoms with E-state index in [9.17, 15) is 24.2 Å². The average Bonchev–Trinajstić information content (AvgIpc) is 2.89. The number of esters is 1. The van der Waals surface area contributed by atoms with Gasteiger partial charge in [-0.25, -0.2) is 4.57 Å². The predicted octanol–water partition coefficient (Wildman–Crippen LogP) is 6.14. The number of aliphatic hydroxyl groups excluding tert-OH is 1. The Labute approximate surface area is 230 Å². The summed E-state index contributed by atoms with van der Waals surface area (Å²) in [6.45, 7) is 3.28. The number of nitrogens with one attached hydrogen (secondary N) is 1. The molecule has 0 radical (unpaired) electrons. The van der Waals surface area contributed by atoms with Gasteiger partial charge in [0, 0.05) is 19.4 Å². The van der Waals surface area contributed by atoms with Gasteiger partial charge >= 0.3 is 13.8 Å². The van der Waals surface area contributed by atoms with E-state index >= 15 is 0 Å². The van der Waals surface area contributed by atoms with Gasteiger partial charge in [0.2, 0.25) is 5.91 Å². The van der Waals surface area contributed by atoms with E-state index in [-0.39, 0.29) is 32.1 Å². The monoisotopic (exact) mass is 561 g/mol. The smallest absolute Gasteiger partial charge is 0.463 e. The third kappa shape index (κ3) is 26.1. The van der Waals surface area contributed by atoms with Crippen molar-refractivity contribution >= 4 is 19.7 Å². The minimum atomic E-state index is -4.39. The van der Waals surface area contributed by atoms with Crippen molar-refractivity contribution in [1.29, 1.82) is 0 Å². The molecule has 0 aliphatic heterocycles. The van der Waals surface area contributed by atoms with Crippen molar-refractivity contribution in [3.8, 4) is 0 Å². The van der Waals surface area contributed by atoms with Gasteiger partial charge in [0.15, 0.2) is 0 Å². The Hall–Kier alpha value is -1.51. The largest absolute Gasteiger partial charge is 0.472 e. The van der Waals surface area contributed by atoms with Gasteiger partial charge in [-0.15, -0.1) is 0 Å². The van der Waals surface area contributed by atoms with E-state index in [1.165, 1.54) is 6.42 Å². The summed E-state index contributed by atoms with van der Waals surface area (Å²) < 4.78 is 26.3. The molecule has 2 atom stereocenters. The van der Waals surface area contributed by atoms with Gasteiger partial charge in [-0.1, -0.05) is 83.1 Å². The van der Waals surface area contributed by atoms with Gasteiger partial charge < -0.3 is 20.1 Å². The molecule has 2 unspecified atom stereocenters. The molecule has 0 spiro atoms. The van der Waals surface area contributed by atoms with E-state index in [2.05, 4.69) is 43.5 Å². The standard InChI is InChI=1S/C28H52NO8P/c1-3-5-7-9-10-11-12-13-14-15-16-17-18-20-27(31)29-22-23-36-38(33,34)37-25-26(30)24-35-28(32)21-19-8-6-4-2/h7,9,11-12,26,30H,3-6,8,10,13-25H2,1-2H3,(H,29,31)(H,33,34)/b9-7-,12-11-. The molecule has 0 bridgehead atoms. The Morgan fingerprint density at radius 2 is 1.47 bits per heavy atom. The molecule has 0 rings (SSSR count). The molecule has 9 nitrogen and oxygen atoms in total. The van der Waals surface area contributed by atoms with Gasteiger partial charge in [-0.2, -0.15) is 0 Å². The van der Waals surface area contributed by atoms with E-state index in [0.717, 1.165) is 77.0 Å². The lowest BCUT2D eigenvalue weighted by Gasteiger charge is -2.15. The lowest BCUT2D eigenvalue weighted by molar-refractivity contribution is -0.147. The van der Waals surface area contributed by atoms with Crippen molar-refractivity contribution in [3.63, 3.8) is 0 Å². The second kappa shape index (κ2) is 25.8. The third-order valence-electron chi connectivity index (χ3n) is 5.62. The Morgan fingerprint density at radius 1 is 0.816 bits per heavy atom. The van der Waals surface area contributed by atoms with Crippen LogP contribution in [0.5, 0.6) is 0 Å². The number of hydrogen-bond donors (Lipinski definition) is 3. The highest BCUT2D eigenvalue weighted by Gasteiger charge is 2.23. The summed E-state index contributed by atoms with van der Waals surface area (Å²) in [6.07, 6.45) is 21.7. The van der Waals surface area contributed by atoms with Crippen LogP contribution in [0.15, 0.2) is 24.3 Å². The van der Waals surface area contributed by atoms with Crippen LogP contribution < -0.4 is 5.32 Å². The van der Waals surface area contributed by atoms with Crippen LogP contribution in [0, 0.1) is 0 Å². The fourth-order valence-electron chi connectivity index (χ4n) is 3.41. The summed E-state index contributed by atoms with van der Waals surface area (Å²) >= 11 is 0. The number of hydrogen-bond acceptors (Lipinski definition) is 7. The average molecular weight is 562 g/mol. The summed E-state index contributed by atoms with van der Waals surface area (Å²) in [7, 11) is -4.39. The summed E-state index contributed by atoms with van der Waals surface area (Å²) in [5.74, 6) is -0.554. The molecule has 0 aromatic heterocycles. The topological polar surface area (TPSA) is 131 Å². The fourth-order valence-corrected chi connectivity index (χ4v) is 4.17. The van der Waals surface area contributed by atoms with Crippen LogP contribution in [-0.4, -0.2) is 54.3 Å². The summed E-state index contributed by atoms with van der Waals surface area (Å²) in [5, 5.41) is 12.4. The van der Waals surface area contributed by atoms with E-state index in [0.29, 0.717) is 6.42 Å². The number of carbonyl (C=O) groups is 2. The first kappa shape index (κ1) is 36.5. The van der Waals surface area contributed by atoms with Crippen LogP contribution in [0.2, 0.25) is 0 Å². The maximum absolute atomic E-state index is 11.9. The highest BCUT2D eigenvalue weighted by molar-refractivity contribution is 7.47. The van der Waals surface area contributed by atoms with E-state index in [4.69, 9.17) is 13.8 Å². The first-order chi connectivity index (χ1) is 18.3. The number of phosphoric ester groups is 1. The quantitative estimate of drug-likeness (QED) is 0.0496. The Morgan fingerprint density at radius 3 is 2.21 bits per heavy atom. The molecular weight excluding hydrogens is 509 g/mol. The minimum absolute atomic E-state index is 0.0743. The van der Waals surface area contributed by atoms with Crippen molar-refractivity contribution in [1.82, 2.24) is 5.32 Å². The Balaban J connectivity index is 3.68. The molecule has 1 amide bonds. The SMILES string of the molecule is CCC/C=C\C/C=C\CCCCCCCC(=O)NCCOP(=O)(O)OCC(O)COC(=O)CCCCCC. The van der Waals surface area contributed by atoms with Crippen LogP contribution in [0.1, 0.15) is 110 Å². The highest BCUT2D eigenvalue weighted by atomic mass is 31.2. The highest BCUT2D eigenvalue weighted by Crippen LogP contribution is 2.42. The van der Waals surface area contributed by atoms with Crippen molar-refractivity contribution in [2.45, 2.75) is 116 Å². The zero-order valence-corrected chi connectivity index (χ0v) is 24.5. The number of rotatable bonds is 26. The van der Waals surface area contributed by atoms with Gasteiger partial charge in [-0.3, -0.25) is 18.6 Å². The fraction of sp³-hybridized carbons (Fsp3) is 0.786. The van der Waals surface area contributed by atoms with E-state index < -0.39 is 26.5 Å². The molecule has 0 aliphatic rings. The second-order valence-electron chi connectivity index (χ2n) is 9.37. The zero-order chi connectivity index (χ0) is 28.3. The van der Waals surface area contributed by atoms with Gasteiger partial charge in [-0.05, 0) is 38.5 Å². The molecule has 10 heteroatoms. The molecule has 0 aromatic carbocycles. The van der Waals surface area contributed by atoms with Crippen molar-refractivity contribution in [2.24, 2.45) is 0 Å². The molecular formula is C28H52NO8P. The number of ether oxygens (including phenoxy) is 1. The number of amides is 1. The Kier molecular flexibility index (Phi) is 24.7. The van der Waals surface area contributed by atoms with Crippen molar-refractivity contribution in [2.75, 3.05) is 26.4 Å². The molecule has 222 valence electrons. The summed E-state index contributed by atoms with van der Waals surface area (Å²) in [6, 6.07) is 0. The number of unbranched alkanes of at least 4 members (excludes halogenated alkanes) is 9. The molecule has 3 N–H and O–H groups in total. The first-order valence-corrected chi connectivity index (χ1v) is 15.8.